The molecule has 0 spiro atoms. The number of hydrogen-bond donors (Lipinski definition) is 1. The Bertz CT molecular complexity index is 233. The standard InChI is InChI=1S/C7H7BrFN/c1-4-2-3-5(10)7(9)6(4)8/h2-3H,10H2,1H3. The number of nitrogens with two attached hydrogens (primary N) is 1. The van der Waals surface area contributed by atoms with E-state index >= 15 is 0 Å². The van der Waals surface area contributed by atoms with Crippen LogP contribution in [-0.2, 0) is 0 Å². The van der Waals surface area contributed by atoms with Gasteiger partial charge in [-0.15, -0.1) is 0 Å². The number of benzene rings is 1. The van der Waals surface area contributed by atoms with Crippen LogP contribution in [0.3, 0.4) is 0 Å². The molecular formula is C7H7BrFN. The molecule has 0 atom stereocenters. The summed E-state index contributed by atoms with van der Waals surface area (Å²) in [5.74, 6) is -0.375. The summed E-state index contributed by atoms with van der Waals surface area (Å²) in [6.45, 7) is 1.81. The minimum atomic E-state index is -0.375. The fourth-order valence-corrected chi connectivity index (χ4v) is 1.02. The van der Waals surface area contributed by atoms with Crippen molar-refractivity contribution in [2.45, 2.75) is 6.92 Å². The lowest BCUT2D eigenvalue weighted by atomic mass is 10.2. The first kappa shape index (κ1) is 7.54. The molecule has 0 aliphatic carbocycles. The van der Waals surface area contributed by atoms with Gasteiger partial charge in [-0.2, -0.15) is 0 Å². The molecule has 0 bridgehead atoms. The number of anilines is 1. The van der Waals surface area contributed by atoms with Gasteiger partial charge in [0, 0.05) is 0 Å². The van der Waals surface area contributed by atoms with Crippen LogP contribution in [0.1, 0.15) is 5.56 Å². The lowest BCUT2D eigenvalue weighted by Crippen LogP contribution is -1.92. The maximum absolute atomic E-state index is 12.8. The van der Waals surface area contributed by atoms with Gasteiger partial charge in [0.25, 0.3) is 0 Å². The molecule has 1 nitrogen and oxygen atoms in total. The Morgan fingerprint density at radius 1 is 1.50 bits per heavy atom. The topological polar surface area (TPSA) is 26.0 Å². The van der Waals surface area contributed by atoms with Gasteiger partial charge in [-0.25, -0.2) is 4.39 Å². The van der Waals surface area contributed by atoms with Gasteiger partial charge in [-0.3, -0.25) is 0 Å². The Hall–Kier alpha value is -0.570. The largest absolute Gasteiger partial charge is 0.396 e. The fraction of sp³-hybridized carbons (Fsp3) is 0.143. The van der Waals surface area contributed by atoms with Crippen molar-refractivity contribution in [1.82, 2.24) is 0 Å². The maximum Gasteiger partial charge on any atom is 0.160 e. The highest BCUT2D eigenvalue weighted by molar-refractivity contribution is 9.10. The molecule has 1 rings (SSSR count). The maximum atomic E-state index is 12.8. The Labute approximate surface area is 67.2 Å². The van der Waals surface area contributed by atoms with E-state index in [9.17, 15) is 4.39 Å². The zero-order chi connectivity index (χ0) is 7.72. The molecule has 0 radical (unpaired) electrons. The molecule has 1 aromatic carbocycles. The molecule has 1 aromatic rings. The number of nitrogen functional groups attached to an aromatic ring is 1. The molecule has 0 aromatic heterocycles. The van der Waals surface area contributed by atoms with Crippen LogP contribution in [0.2, 0.25) is 0 Å². The van der Waals surface area contributed by atoms with Crippen LogP contribution in [0.4, 0.5) is 10.1 Å². The summed E-state index contributed by atoms with van der Waals surface area (Å²) < 4.78 is 13.3. The van der Waals surface area contributed by atoms with E-state index in [0.717, 1.165) is 5.56 Å². The second kappa shape index (κ2) is 2.58. The van der Waals surface area contributed by atoms with E-state index in [-0.39, 0.29) is 11.5 Å². The van der Waals surface area contributed by atoms with Crippen molar-refractivity contribution in [2.24, 2.45) is 0 Å². The highest BCUT2D eigenvalue weighted by atomic mass is 79.9. The van der Waals surface area contributed by atoms with E-state index in [1.54, 1.807) is 12.1 Å². The van der Waals surface area contributed by atoms with Crippen LogP contribution in [0.15, 0.2) is 16.6 Å². The van der Waals surface area contributed by atoms with Crippen LogP contribution < -0.4 is 5.73 Å². The molecule has 0 aliphatic rings. The predicted molar refractivity (Wildman–Crippen MR) is 43.2 cm³/mol. The molecule has 54 valence electrons. The molecule has 0 amide bonds. The average Bonchev–Trinajstić information content (AvgIpc) is 1.93. The molecule has 0 saturated heterocycles. The molecule has 0 fully saturated rings. The Morgan fingerprint density at radius 2 is 2.10 bits per heavy atom. The van der Waals surface area contributed by atoms with Gasteiger partial charge in [-0.05, 0) is 34.5 Å². The van der Waals surface area contributed by atoms with E-state index in [1.165, 1.54) is 0 Å². The smallest absolute Gasteiger partial charge is 0.160 e. The van der Waals surface area contributed by atoms with Gasteiger partial charge in [-0.1, -0.05) is 6.07 Å². The Kier molecular flexibility index (Phi) is 1.94. The zero-order valence-electron chi connectivity index (χ0n) is 5.49. The summed E-state index contributed by atoms with van der Waals surface area (Å²) in [6, 6.07) is 3.32. The van der Waals surface area contributed by atoms with Gasteiger partial charge in [0.15, 0.2) is 5.82 Å². The van der Waals surface area contributed by atoms with Crippen molar-refractivity contribution in [1.29, 1.82) is 0 Å². The first-order chi connectivity index (χ1) is 4.63. The second-order valence-electron chi connectivity index (χ2n) is 2.10. The van der Waals surface area contributed by atoms with Gasteiger partial charge in [0.2, 0.25) is 0 Å². The lowest BCUT2D eigenvalue weighted by molar-refractivity contribution is 0.624. The van der Waals surface area contributed by atoms with Crippen molar-refractivity contribution >= 4 is 21.6 Å². The summed E-state index contributed by atoms with van der Waals surface area (Å²) in [5.41, 5.74) is 6.32. The normalized spacial score (nSPS) is 9.90. The van der Waals surface area contributed by atoms with Gasteiger partial charge in [0.05, 0.1) is 10.2 Å². The van der Waals surface area contributed by atoms with Crippen LogP contribution in [-0.4, -0.2) is 0 Å². The van der Waals surface area contributed by atoms with Crippen molar-refractivity contribution in [3.8, 4) is 0 Å². The molecule has 0 unspecified atom stereocenters. The summed E-state index contributed by atoms with van der Waals surface area (Å²) in [7, 11) is 0. The highest BCUT2D eigenvalue weighted by Crippen LogP contribution is 2.23. The second-order valence-corrected chi connectivity index (χ2v) is 2.89. The zero-order valence-corrected chi connectivity index (χ0v) is 7.07. The molecule has 3 heteroatoms. The lowest BCUT2D eigenvalue weighted by Gasteiger charge is -2.00. The van der Waals surface area contributed by atoms with Crippen molar-refractivity contribution in [2.75, 3.05) is 5.73 Å². The third-order valence-electron chi connectivity index (χ3n) is 1.31. The molecule has 2 N–H and O–H groups in total. The molecule has 0 saturated carbocycles. The first-order valence-corrected chi connectivity index (χ1v) is 3.62. The van der Waals surface area contributed by atoms with Crippen molar-refractivity contribution < 1.29 is 4.39 Å². The third-order valence-corrected chi connectivity index (χ3v) is 2.28. The van der Waals surface area contributed by atoms with Gasteiger partial charge in [0.1, 0.15) is 0 Å². The van der Waals surface area contributed by atoms with Crippen molar-refractivity contribution in [3.05, 3.63) is 28.0 Å². The van der Waals surface area contributed by atoms with E-state index in [4.69, 9.17) is 5.73 Å². The molecular weight excluding hydrogens is 197 g/mol. The Balaban J connectivity index is 3.34. The Morgan fingerprint density at radius 3 is 2.60 bits per heavy atom. The molecule has 0 heterocycles. The summed E-state index contributed by atoms with van der Waals surface area (Å²) >= 11 is 3.07. The quantitative estimate of drug-likeness (QED) is 0.645. The fourth-order valence-electron chi connectivity index (χ4n) is 0.661. The monoisotopic (exact) mass is 203 g/mol. The van der Waals surface area contributed by atoms with Crippen LogP contribution in [0.25, 0.3) is 0 Å². The highest BCUT2D eigenvalue weighted by Gasteiger charge is 2.04. The predicted octanol–water partition coefficient (Wildman–Crippen LogP) is 2.48. The molecule has 0 aliphatic heterocycles. The van der Waals surface area contributed by atoms with E-state index in [1.807, 2.05) is 6.92 Å². The first-order valence-electron chi connectivity index (χ1n) is 2.83. The van der Waals surface area contributed by atoms with Crippen LogP contribution in [0, 0.1) is 12.7 Å². The van der Waals surface area contributed by atoms with Crippen molar-refractivity contribution in [3.63, 3.8) is 0 Å². The van der Waals surface area contributed by atoms with Crippen LogP contribution in [0.5, 0.6) is 0 Å². The van der Waals surface area contributed by atoms with E-state index < -0.39 is 0 Å². The van der Waals surface area contributed by atoms with E-state index in [2.05, 4.69) is 15.9 Å². The average molecular weight is 204 g/mol. The third kappa shape index (κ3) is 1.14. The van der Waals surface area contributed by atoms with Gasteiger partial charge < -0.3 is 5.73 Å². The van der Waals surface area contributed by atoms with Crippen LogP contribution >= 0.6 is 15.9 Å². The van der Waals surface area contributed by atoms with Gasteiger partial charge >= 0.3 is 0 Å². The minimum absolute atomic E-state index is 0.178. The van der Waals surface area contributed by atoms with E-state index in [0.29, 0.717) is 4.47 Å². The number of halogens is 2. The number of hydrogen-bond acceptors (Lipinski definition) is 1. The minimum Gasteiger partial charge on any atom is -0.396 e. The summed E-state index contributed by atoms with van der Waals surface area (Å²) in [5, 5.41) is 0. The molecule has 10 heavy (non-hydrogen) atoms. The summed E-state index contributed by atoms with van der Waals surface area (Å²) in [4.78, 5) is 0. The summed E-state index contributed by atoms with van der Waals surface area (Å²) in [6.07, 6.45) is 0. The SMILES string of the molecule is Cc1ccc(N)c(F)c1Br. The number of aryl methyl sites for hydroxylation is 1. The number of rotatable bonds is 0.